The summed E-state index contributed by atoms with van der Waals surface area (Å²) in [6.07, 6.45) is 5.30. The van der Waals surface area contributed by atoms with Gasteiger partial charge in [-0.15, -0.1) is 0 Å². The molecule has 2 bridgehead atoms. The number of carbonyl (C=O) groups is 1. The average molecular weight is 400 g/mol. The molecule has 1 aromatic rings. The molecule has 3 fully saturated rings. The van der Waals surface area contributed by atoms with Crippen LogP contribution in [-0.2, 0) is 0 Å². The summed E-state index contributed by atoms with van der Waals surface area (Å²) < 4.78 is 13.8. The molecule has 0 spiro atoms. The molecule has 5 heteroatoms. The first kappa shape index (κ1) is 20.4. The van der Waals surface area contributed by atoms with Crippen LogP contribution in [0.2, 0.25) is 0 Å². The normalized spacial score (nSPS) is 32.5. The molecule has 3 aliphatic carbocycles. The number of rotatable bonds is 5. The monoisotopic (exact) mass is 399 g/mol. The number of urea groups is 1. The van der Waals surface area contributed by atoms with Crippen molar-refractivity contribution < 1.29 is 9.18 Å². The number of halogens is 1. The van der Waals surface area contributed by atoms with Crippen molar-refractivity contribution in [1.82, 2.24) is 10.3 Å². The van der Waals surface area contributed by atoms with E-state index in [1.54, 1.807) is 17.1 Å². The van der Waals surface area contributed by atoms with Gasteiger partial charge in [-0.2, -0.15) is 5.10 Å². The molecule has 0 saturated heterocycles. The van der Waals surface area contributed by atoms with Gasteiger partial charge in [-0.3, -0.25) is 0 Å². The lowest BCUT2D eigenvalue weighted by atomic mass is 9.45. The van der Waals surface area contributed by atoms with E-state index in [1.807, 2.05) is 6.07 Å². The first-order chi connectivity index (χ1) is 13.8. The van der Waals surface area contributed by atoms with Gasteiger partial charge in [0.25, 0.3) is 0 Å². The van der Waals surface area contributed by atoms with Gasteiger partial charge in [0, 0.05) is 17.7 Å². The van der Waals surface area contributed by atoms with E-state index >= 15 is 0 Å². The number of unbranched alkanes of at least 4 members (excludes halogenated alkanes) is 1. The van der Waals surface area contributed by atoms with Crippen LogP contribution in [0, 0.1) is 29.0 Å². The maximum atomic E-state index is 13.8. The van der Waals surface area contributed by atoms with E-state index in [9.17, 15) is 9.18 Å². The van der Waals surface area contributed by atoms with Gasteiger partial charge in [-0.1, -0.05) is 46.2 Å². The van der Waals surface area contributed by atoms with E-state index < -0.39 is 0 Å². The fourth-order valence-electron chi connectivity index (χ4n) is 5.85. The summed E-state index contributed by atoms with van der Waals surface area (Å²) in [4.78, 5) is 13.0. The molecule has 5 unspecified atom stereocenters. The molecule has 4 aliphatic rings. The smallest absolute Gasteiger partial charge is 0.333 e. The zero-order valence-corrected chi connectivity index (χ0v) is 18.1. The van der Waals surface area contributed by atoms with Crippen LogP contribution in [0.1, 0.15) is 71.3 Å². The minimum absolute atomic E-state index is 0.0147. The number of hydrazone groups is 1. The molecule has 5 atom stereocenters. The Balaban J connectivity index is 1.45. The molecule has 0 aromatic heterocycles. The Morgan fingerprint density at radius 1 is 1.34 bits per heavy atom. The van der Waals surface area contributed by atoms with E-state index in [1.165, 1.54) is 12.5 Å². The SMILES string of the molecule is CCCCC1=NN(C(=O)NC2CC3CC(C2C)C3(C)C)CC1c1cccc(F)c1. The fourth-order valence-corrected chi connectivity index (χ4v) is 5.85. The van der Waals surface area contributed by atoms with Crippen molar-refractivity contribution in [2.24, 2.45) is 28.3 Å². The molecule has 1 heterocycles. The number of amides is 2. The fraction of sp³-hybridized carbons (Fsp3) is 0.667. The van der Waals surface area contributed by atoms with Gasteiger partial charge in [0.05, 0.1) is 6.54 Å². The van der Waals surface area contributed by atoms with Crippen LogP contribution < -0.4 is 5.32 Å². The summed E-state index contributed by atoms with van der Waals surface area (Å²) in [5.74, 6) is 1.63. The molecular weight excluding hydrogens is 365 g/mol. The van der Waals surface area contributed by atoms with Crippen LogP contribution in [0.15, 0.2) is 29.4 Å². The van der Waals surface area contributed by atoms with Gasteiger partial charge in [0.15, 0.2) is 0 Å². The van der Waals surface area contributed by atoms with Gasteiger partial charge in [0.2, 0.25) is 0 Å². The highest BCUT2D eigenvalue weighted by Gasteiger charge is 2.56. The Kier molecular flexibility index (Phi) is 5.43. The van der Waals surface area contributed by atoms with Crippen LogP contribution >= 0.6 is 0 Å². The zero-order valence-electron chi connectivity index (χ0n) is 18.1. The highest BCUT2D eigenvalue weighted by Crippen LogP contribution is 2.61. The molecule has 1 N–H and O–H groups in total. The van der Waals surface area contributed by atoms with Crippen molar-refractivity contribution in [1.29, 1.82) is 0 Å². The predicted molar refractivity (Wildman–Crippen MR) is 114 cm³/mol. The van der Waals surface area contributed by atoms with Crippen LogP contribution in [0.25, 0.3) is 0 Å². The molecule has 158 valence electrons. The van der Waals surface area contributed by atoms with Crippen molar-refractivity contribution in [2.75, 3.05) is 6.54 Å². The number of nitrogens with zero attached hydrogens (tertiary/aromatic N) is 2. The number of nitrogens with one attached hydrogen (secondary N) is 1. The minimum atomic E-state index is -0.238. The second-order valence-corrected chi connectivity index (χ2v) is 9.90. The summed E-state index contributed by atoms with van der Waals surface area (Å²) in [6.45, 7) is 9.66. The number of hydrogen-bond donors (Lipinski definition) is 1. The summed E-state index contributed by atoms with van der Waals surface area (Å²) >= 11 is 0. The van der Waals surface area contributed by atoms with E-state index in [4.69, 9.17) is 0 Å². The maximum Gasteiger partial charge on any atom is 0.338 e. The molecule has 2 amide bonds. The van der Waals surface area contributed by atoms with Crippen LogP contribution in [-0.4, -0.2) is 29.3 Å². The zero-order chi connectivity index (χ0) is 20.8. The Morgan fingerprint density at radius 2 is 2.14 bits per heavy atom. The molecule has 1 aliphatic heterocycles. The average Bonchev–Trinajstić information content (AvgIpc) is 3.11. The van der Waals surface area contributed by atoms with E-state index in [-0.39, 0.29) is 23.8 Å². The van der Waals surface area contributed by atoms with Gasteiger partial charge in [-0.05, 0) is 66.5 Å². The van der Waals surface area contributed by atoms with Crippen molar-refractivity contribution in [2.45, 2.75) is 71.8 Å². The van der Waals surface area contributed by atoms with Crippen LogP contribution in [0.3, 0.4) is 0 Å². The molecule has 3 saturated carbocycles. The third-order valence-electron chi connectivity index (χ3n) is 7.94. The predicted octanol–water partition coefficient (Wildman–Crippen LogP) is 5.55. The topological polar surface area (TPSA) is 44.7 Å². The largest absolute Gasteiger partial charge is 0.338 e. The van der Waals surface area contributed by atoms with Gasteiger partial charge in [-0.25, -0.2) is 14.2 Å². The third-order valence-corrected chi connectivity index (χ3v) is 7.94. The van der Waals surface area contributed by atoms with E-state index in [0.717, 1.165) is 37.0 Å². The molecular formula is C24H34FN3O. The Bertz CT molecular complexity index is 805. The first-order valence-electron chi connectivity index (χ1n) is 11.2. The van der Waals surface area contributed by atoms with Crippen molar-refractivity contribution >= 4 is 11.7 Å². The van der Waals surface area contributed by atoms with E-state index in [2.05, 4.69) is 38.1 Å². The summed E-state index contributed by atoms with van der Waals surface area (Å²) in [5, 5.41) is 9.53. The molecule has 0 radical (unpaired) electrons. The molecule has 29 heavy (non-hydrogen) atoms. The lowest BCUT2D eigenvalue weighted by Gasteiger charge is -2.62. The van der Waals surface area contributed by atoms with Gasteiger partial charge < -0.3 is 5.32 Å². The third kappa shape index (κ3) is 3.69. The minimum Gasteiger partial charge on any atom is -0.333 e. The number of hydrogen-bond acceptors (Lipinski definition) is 2. The summed E-state index contributed by atoms with van der Waals surface area (Å²) in [5.41, 5.74) is 2.31. The van der Waals surface area contributed by atoms with Crippen molar-refractivity contribution in [3.63, 3.8) is 0 Å². The van der Waals surface area contributed by atoms with Crippen molar-refractivity contribution in [3.05, 3.63) is 35.6 Å². The maximum absolute atomic E-state index is 13.8. The first-order valence-corrected chi connectivity index (χ1v) is 11.2. The van der Waals surface area contributed by atoms with Crippen LogP contribution in [0.4, 0.5) is 9.18 Å². The van der Waals surface area contributed by atoms with Crippen LogP contribution in [0.5, 0.6) is 0 Å². The highest BCUT2D eigenvalue weighted by molar-refractivity contribution is 5.94. The van der Waals surface area contributed by atoms with Crippen molar-refractivity contribution in [3.8, 4) is 0 Å². The molecule has 4 nitrogen and oxygen atoms in total. The Hall–Kier alpha value is -1.91. The molecule has 1 aromatic carbocycles. The second kappa shape index (κ2) is 7.73. The van der Waals surface area contributed by atoms with E-state index in [0.29, 0.717) is 29.7 Å². The second-order valence-electron chi connectivity index (χ2n) is 9.90. The Labute approximate surface area is 173 Å². The summed E-state index contributed by atoms with van der Waals surface area (Å²) in [6, 6.07) is 6.84. The summed E-state index contributed by atoms with van der Waals surface area (Å²) in [7, 11) is 0. The molecule has 5 rings (SSSR count). The lowest BCUT2D eigenvalue weighted by Crippen LogP contribution is -2.61. The standard InChI is InChI=1S/C24H34FN3O/c1-5-6-10-21-19(16-8-7-9-18(25)11-16)14-28(27-21)23(29)26-22-13-17-12-20(15(22)2)24(17,3)4/h7-9,11,15,17,19-20,22H,5-6,10,12-14H2,1-4H3,(H,26,29). The Morgan fingerprint density at radius 3 is 2.79 bits per heavy atom. The quantitative estimate of drug-likeness (QED) is 0.693. The highest BCUT2D eigenvalue weighted by atomic mass is 19.1. The lowest BCUT2D eigenvalue weighted by molar-refractivity contribution is -0.113. The van der Waals surface area contributed by atoms with Gasteiger partial charge in [0.1, 0.15) is 5.82 Å². The number of benzene rings is 1. The number of carbonyl (C=O) groups excluding carboxylic acids is 1. The van der Waals surface area contributed by atoms with Gasteiger partial charge >= 0.3 is 6.03 Å². The number of fused-ring (bicyclic) bond motifs is 2.